The summed E-state index contributed by atoms with van der Waals surface area (Å²) in [5, 5.41) is 11.3. The Kier molecular flexibility index (Phi) is 6.74. The van der Waals surface area contributed by atoms with E-state index in [0.717, 1.165) is 76.4 Å². The Morgan fingerprint density at radius 1 is 1.17 bits per heavy atom. The summed E-state index contributed by atoms with van der Waals surface area (Å²) in [4.78, 5) is 31.3. The molecule has 3 aliphatic rings. The monoisotopic (exact) mass is 417 g/mol. The number of aryl methyl sites for hydroxylation is 2. The maximum atomic E-state index is 12.6. The molecule has 1 aromatic heterocycles. The summed E-state index contributed by atoms with van der Waals surface area (Å²) in [5.74, 6) is 2.27. The Balaban J connectivity index is 1.19. The molecule has 1 atom stereocenters. The minimum Gasteiger partial charge on any atom is -0.356 e. The molecule has 166 valence electrons. The Morgan fingerprint density at radius 3 is 2.77 bits per heavy atom. The van der Waals surface area contributed by atoms with Gasteiger partial charge in [0.15, 0.2) is 5.96 Å². The zero-order valence-corrected chi connectivity index (χ0v) is 18.1. The zero-order valence-electron chi connectivity index (χ0n) is 18.1. The van der Waals surface area contributed by atoms with Crippen molar-refractivity contribution in [3.05, 3.63) is 16.3 Å². The molecule has 0 radical (unpaired) electrons. The number of guanidine groups is 1. The normalized spacial score (nSPS) is 22.4. The van der Waals surface area contributed by atoms with E-state index in [1.807, 2.05) is 9.47 Å². The van der Waals surface area contributed by atoms with E-state index in [1.54, 1.807) is 11.7 Å². The van der Waals surface area contributed by atoms with Crippen molar-refractivity contribution in [1.82, 2.24) is 29.9 Å². The van der Waals surface area contributed by atoms with Gasteiger partial charge in [0, 0.05) is 58.2 Å². The van der Waals surface area contributed by atoms with Crippen LogP contribution in [0.1, 0.15) is 57.2 Å². The average molecular weight is 418 g/mol. The maximum Gasteiger partial charge on any atom is 0.345 e. The molecule has 9 heteroatoms. The molecular weight excluding hydrogens is 382 g/mol. The molecule has 30 heavy (non-hydrogen) atoms. The van der Waals surface area contributed by atoms with Crippen molar-refractivity contribution >= 4 is 11.9 Å². The largest absolute Gasteiger partial charge is 0.356 e. The van der Waals surface area contributed by atoms with Gasteiger partial charge in [-0.2, -0.15) is 5.10 Å². The predicted octanol–water partition coefficient (Wildman–Crippen LogP) is 0.727. The van der Waals surface area contributed by atoms with Gasteiger partial charge in [0.2, 0.25) is 5.91 Å². The van der Waals surface area contributed by atoms with Crippen molar-refractivity contribution in [2.24, 2.45) is 10.9 Å². The fraction of sp³-hybridized carbons (Fsp3) is 0.810. The van der Waals surface area contributed by atoms with Gasteiger partial charge >= 0.3 is 5.69 Å². The summed E-state index contributed by atoms with van der Waals surface area (Å²) < 4.78 is 3.41. The van der Waals surface area contributed by atoms with Gasteiger partial charge in [-0.15, -0.1) is 0 Å². The van der Waals surface area contributed by atoms with E-state index in [4.69, 9.17) is 0 Å². The number of carbonyl (C=O) groups is 1. The van der Waals surface area contributed by atoms with Gasteiger partial charge in [-0.3, -0.25) is 14.4 Å². The Morgan fingerprint density at radius 2 is 2.00 bits per heavy atom. The van der Waals surface area contributed by atoms with Crippen molar-refractivity contribution in [2.75, 3.05) is 26.7 Å². The van der Waals surface area contributed by atoms with Crippen molar-refractivity contribution in [1.29, 1.82) is 0 Å². The van der Waals surface area contributed by atoms with E-state index in [1.165, 1.54) is 12.8 Å². The van der Waals surface area contributed by atoms with Crippen LogP contribution < -0.4 is 16.3 Å². The van der Waals surface area contributed by atoms with Crippen LogP contribution in [0.3, 0.4) is 0 Å². The predicted molar refractivity (Wildman–Crippen MR) is 115 cm³/mol. The number of nitrogens with one attached hydrogen (secondary N) is 2. The second kappa shape index (κ2) is 9.66. The molecule has 0 bridgehead atoms. The molecule has 1 aliphatic carbocycles. The number of amides is 1. The van der Waals surface area contributed by atoms with Gasteiger partial charge in [0.05, 0.1) is 0 Å². The third-order valence-corrected chi connectivity index (χ3v) is 6.64. The van der Waals surface area contributed by atoms with E-state index in [-0.39, 0.29) is 17.6 Å². The van der Waals surface area contributed by atoms with Crippen LogP contribution in [0.2, 0.25) is 0 Å². The van der Waals surface area contributed by atoms with Gasteiger partial charge in [-0.1, -0.05) is 12.8 Å². The number of fused-ring (bicyclic) bond motifs is 1. The molecule has 1 saturated carbocycles. The Hall–Kier alpha value is -2.32. The smallest absolute Gasteiger partial charge is 0.345 e. The van der Waals surface area contributed by atoms with Gasteiger partial charge in [-0.25, -0.2) is 9.48 Å². The van der Waals surface area contributed by atoms with Crippen LogP contribution >= 0.6 is 0 Å². The van der Waals surface area contributed by atoms with Gasteiger partial charge in [0.1, 0.15) is 5.82 Å². The van der Waals surface area contributed by atoms with E-state index in [9.17, 15) is 9.59 Å². The lowest BCUT2D eigenvalue weighted by Gasteiger charge is -2.21. The second-order valence-corrected chi connectivity index (χ2v) is 8.78. The fourth-order valence-electron chi connectivity index (χ4n) is 4.93. The number of hydrogen-bond acceptors (Lipinski definition) is 4. The topological polar surface area (TPSA) is 96.6 Å². The summed E-state index contributed by atoms with van der Waals surface area (Å²) in [6, 6.07) is 0.240. The summed E-state index contributed by atoms with van der Waals surface area (Å²) in [5.41, 5.74) is 0.0187. The number of aromatic nitrogens is 3. The first-order chi connectivity index (χ1) is 14.7. The molecule has 9 nitrogen and oxygen atoms in total. The lowest BCUT2D eigenvalue weighted by atomic mass is 10.1. The third kappa shape index (κ3) is 4.70. The number of carbonyl (C=O) groups excluding carboxylic acids is 1. The standard InChI is InChI=1S/C21H35N7O2/c1-22-20(24-17-10-14-26(15-17)19(29)16-7-2-3-8-16)23-11-6-13-28-21(30)27-12-5-4-9-18(27)25-28/h16-17H,2-15H2,1H3,(H2,22,23,24). The minimum atomic E-state index is 0.0187. The first-order valence-corrected chi connectivity index (χ1v) is 11.6. The molecule has 1 aromatic rings. The van der Waals surface area contributed by atoms with Crippen LogP contribution in [0.15, 0.2) is 9.79 Å². The van der Waals surface area contributed by atoms with Crippen molar-refractivity contribution in [2.45, 2.75) is 76.9 Å². The number of rotatable bonds is 6. The molecule has 3 heterocycles. The maximum absolute atomic E-state index is 12.6. The molecule has 2 N–H and O–H groups in total. The highest BCUT2D eigenvalue weighted by molar-refractivity contribution is 5.81. The van der Waals surface area contributed by atoms with Crippen LogP contribution in [0.5, 0.6) is 0 Å². The van der Waals surface area contributed by atoms with Crippen LogP contribution in [-0.4, -0.2) is 63.8 Å². The zero-order chi connectivity index (χ0) is 20.9. The molecule has 4 rings (SSSR count). The number of aliphatic imine (C=N–C) groups is 1. The lowest BCUT2D eigenvalue weighted by Crippen LogP contribution is -2.45. The molecule has 2 fully saturated rings. The van der Waals surface area contributed by atoms with E-state index in [2.05, 4.69) is 20.7 Å². The van der Waals surface area contributed by atoms with Crippen molar-refractivity contribution in [3.63, 3.8) is 0 Å². The SMILES string of the molecule is CN=C(NCCCn1nc2n(c1=O)CCCC2)NC1CCN(C(=O)C2CCCC2)C1. The van der Waals surface area contributed by atoms with Crippen molar-refractivity contribution < 1.29 is 4.79 Å². The van der Waals surface area contributed by atoms with Crippen molar-refractivity contribution in [3.8, 4) is 0 Å². The highest BCUT2D eigenvalue weighted by Crippen LogP contribution is 2.27. The van der Waals surface area contributed by atoms with E-state index < -0.39 is 0 Å². The lowest BCUT2D eigenvalue weighted by molar-refractivity contribution is -0.134. The van der Waals surface area contributed by atoms with E-state index in [0.29, 0.717) is 19.0 Å². The first kappa shape index (κ1) is 20.9. The average Bonchev–Trinajstić information content (AvgIpc) is 3.51. The first-order valence-electron chi connectivity index (χ1n) is 11.6. The molecule has 0 spiro atoms. The Bertz CT molecular complexity index is 822. The van der Waals surface area contributed by atoms with Crippen LogP contribution in [0.4, 0.5) is 0 Å². The van der Waals surface area contributed by atoms with Gasteiger partial charge < -0.3 is 15.5 Å². The highest BCUT2D eigenvalue weighted by atomic mass is 16.2. The second-order valence-electron chi connectivity index (χ2n) is 8.78. The van der Waals surface area contributed by atoms with Gasteiger partial charge in [-0.05, 0) is 38.5 Å². The highest BCUT2D eigenvalue weighted by Gasteiger charge is 2.32. The third-order valence-electron chi connectivity index (χ3n) is 6.64. The summed E-state index contributed by atoms with van der Waals surface area (Å²) in [7, 11) is 1.76. The quantitative estimate of drug-likeness (QED) is 0.404. The summed E-state index contributed by atoms with van der Waals surface area (Å²) >= 11 is 0. The van der Waals surface area contributed by atoms with E-state index >= 15 is 0 Å². The fourth-order valence-corrected chi connectivity index (χ4v) is 4.93. The van der Waals surface area contributed by atoms with Crippen LogP contribution in [0.25, 0.3) is 0 Å². The molecule has 1 saturated heterocycles. The molecule has 2 aliphatic heterocycles. The molecular formula is C21H35N7O2. The number of nitrogens with zero attached hydrogens (tertiary/aromatic N) is 5. The number of likely N-dealkylation sites (tertiary alicyclic amines) is 1. The Labute approximate surface area is 177 Å². The minimum absolute atomic E-state index is 0.0187. The number of hydrogen-bond donors (Lipinski definition) is 2. The van der Waals surface area contributed by atoms with Gasteiger partial charge in [0.25, 0.3) is 0 Å². The summed E-state index contributed by atoms with van der Waals surface area (Å²) in [6.45, 7) is 3.70. The molecule has 1 amide bonds. The molecule has 0 aromatic carbocycles. The molecule has 1 unspecified atom stereocenters. The van der Waals surface area contributed by atoms with Crippen LogP contribution in [-0.2, 0) is 24.3 Å². The van der Waals surface area contributed by atoms with Crippen LogP contribution in [0, 0.1) is 5.92 Å². The summed E-state index contributed by atoms with van der Waals surface area (Å²) in [6.07, 6.45) is 9.32.